The Labute approximate surface area is 88.3 Å². The first-order chi connectivity index (χ1) is 6.74. The predicted molar refractivity (Wildman–Crippen MR) is 60.4 cm³/mol. The Hall–Kier alpha value is -1.03. The molecule has 1 aromatic heterocycles. The Morgan fingerprint density at radius 3 is 3.07 bits per heavy atom. The quantitative estimate of drug-likeness (QED) is 0.826. The van der Waals surface area contributed by atoms with Crippen molar-refractivity contribution in [3.8, 4) is 0 Å². The number of carbonyl (C=O) groups excluding carboxylic acids is 1. The molecule has 1 amide bonds. The molecule has 3 nitrogen and oxygen atoms in total. The number of thioether (sulfide) groups is 1. The zero-order chi connectivity index (χ0) is 10.4. The van der Waals surface area contributed by atoms with Gasteiger partial charge in [0, 0.05) is 17.9 Å². The third kappa shape index (κ3) is 3.38. The fraction of sp³-hybridized carbons (Fsp3) is 0.400. The molecule has 0 radical (unpaired) electrons. The molecule has 1 rings (SSSR count). The van der Waals surface area contributed by atoms with Crippen LogP contribution in [-0.2, 0) is 4.79 Å². The highest BCUT2D eigenvalue weighted by Gasteiger charge is 2.11. The Morgan fingerprint density at radius 2 is 2.50 bits per heavy atom. The minimum Gasteiger partial charge on any atom is -0.324 e. The van der Waals surface area contributed by atoms with E-state index in [1.807, 2.05) is 19.2 Å². The van der Waals surface area contributed by atoms with E-state index in [-0.39, 0.29) is 11.8 Å². The summed E-state index contributed by atoms with van der Waals surface area (Å²) in [6.07, 6.45) is 5.32. The summed E-state index contributed by atoms with van der Waals surface area (Å²) in [7, 11) is 0. The summed E-state index contributed by atoms with van der Waals surface area (Å²) >= 11 is 1.67. The number of hydrogen-bond donors (Lipinski definition) is 1. The van der Waals surface area contributed by atoms with Crippen molar-refractivity contribution in [2.45, 2.75) is 6.92 Å². The molecule has 0 aromatic carbocycles. The van der Waals surface area contributed by atoms with E-state index in [1.165, 1.54) is 0 Å². The highest BCUT2D eigenvalue weighted by Crippen LogP contribution is 2.09. The van der Waals surface area contributed by atoms with Gasteiger partial charge in [0.15, 0.2) is 0 Å². The molecule has 0 fully saturated rings. The first-order valence-corrected chi connectivity index (χ1v) is 5.83. The molecule has 4 heteroatoms. The molecular weight excluding hydrogens is 196 g/mol. The van der Waals surface area contributed by atoms with E-state index in [9.17, 15) is 4.79 Å². The van der Waals surface area contributed by atoms with Crippen molar-refractivity contribution in [2.75, 3.05) is 17.3 Å². The molecule has 1 heterocycles. The summed E-state index contributed by atoms with van der Waals surface area (Å²) in [6.45, 7) is 1.92. The standard InChI is InChI=1S/C10H14N2OS/c1-8(7-14-2)10(13)12-9-4-3-5-11-6-9/h3-6,8H,7H2,1-2H3,(H,12,13). The first kappa shape index (κ1) is 11.0. The summed E-state index contributed by atoms with van der Waals surface area (Å²) < 4.78 is 0. The predicted octanol–water partition coefficient (Wildman–Crippen LogP) is 2.02. The molecule has 1 unspecified atom stereocenters. The van der Waals surface area contributed by atoms with Gasteiger partial charge in [-0.05, 0) is 18.4 Å². The van der Waals surface area contributed by atoms with Gasteiger partial charge in [-0.3, -0.25) is 9.78 Å². The highest BCUT2D eigenvalue weighted by atomic mass is 32.2. The van der Waals surface area contributed by atoms with Crippen LogP contribution in [0.25, 0.3) is 0 Å². The number of carbonyl (C=O) groups is 1. The van der Waals surface area contributed by atoms with Gasteiger partial charge in [0.1, 0.15) is 0 Å². The summed E-state index contributed by atoms with van der Waals surface area (Å²) in [5, 5.41) is 2.81. The van der Waals surface area contributed by atoms with Crippen LogP contribution in [0.15, 0.2) is 24.5 Å². The molecule has 0 aliphatic rings. The molecule has 0 saturated heterocycles. The van der Waals surface area contributed by atoms with E-state index in [1.54, 1.807) is 30.2 Å². The van der Waals surface area contributed by atoms with Gasteiger partial charge in [-0.15, -0.1) is 0 Å². The number of rotatable bonds is 4. The number of aromatic nitrogens is 1. The Balaban J connectivity index is 2.49. The van der Waals surface area contributed by atoms with Gasteiger partial charge in [0.2, 0.25) is 5.91 Å². The first-order valence-electron chi connectivity index (χ1n) is 4.44. The largest absolute Gasteiger partial charge is 0.324 e. The van der Waals surface area contributed by atoms with E-state index in [4.69, 9.17) is 0 Å². The zero-order valence-electron chi connectivity index (χ0n) is 8.36. The van der Waals surface area contributed by atoms with E-state index in [0.717, 1.165) is 11.4 Å². The van der Waals surface area contributed by atoms with Crippen LogP contribution < -0.4 is 5.32 Å². The molecule has 1 N–H and O–H groups in total. The number of nitrogens with one attached hydrogen (secondary N) is 1. The Bertz CT molecular complexity index is 289. The second kappa shape index (κ2) is 5.65. The molecule has 0 saturated carbocycles. The van der Waals surface area contributed by atoms with Gasteiger partial charge in [0.25, 0.3) is 0 Å². The van der Waals surface area contributed by atoms with Crippen molar-refractivity contribution in [3.05, 3.63) is 24.5 Å². The lowest BCUT2D eigenvalue weighted by Crippen LogP contribution is -2.22. The number of pyridine rings is 1. The number of amides is 1. The minimum absolute atomic E-state index is 0.0326. The van der Waals surface area contributed by atoms with Gasteiger partial charge < -0.3 is 5.32 Å². The van der Waals surface area contributed by atoms with Crippen molar-refractivity contribution >= 4 is 23.4 Å². The minimum atomic E-state index is 0.0326. The van der Waals surface area contributed by atoms with Gasteiger partial charge >= 0.3 is 0 Å². The lowest BCUT2D eigenvalue weighted by atomic mass is 10.2. The topological polar surface area (TPSA) is 42.0 Å². The normalized spacial score (nSPS) is 12.1. The van der Waals surface area contributed by atoms with Gasteiger partial charge in [0.05, 0.1) is 11.9 Å². The average Bonchev–Trinajstić information content (AvgIpc) is 2.19. The van der Waals surface area contributed by atoms with Gasteiger partial charge in [-0.2, -0.15) is 11.8 Å². The lowest BCUT2D eigenvalue weighted by Gasteiger charge is -2.09. The third-order valence-electron chi connectivity index (χ3n) is 1.79. The summed E-state index contributed by atoms with van der Waals surface area (Å²) in [6, 6.07) is 3.63. The zero-order valence-corrected chi connectivity index (χ0v) is 9.17. The fourth-order valence-corrected chi connectivity index (χ4v) is 1.68. The summed E-state index contributed by atoms with van der Waals surface area (Å²) in [5.41, 5.74) is 0.755. The van der Waals surface area contributed by atoms with Crippen LogP contribution in [0.5, 0.6) is 0 Å². The second-order valence-corrected chi connectivity index (χ2v) is 4.00. The summed E-state index contributed by atoms with van der Waals surface area (Å²) in [5.74, 6) is 0.920. The maximum absolute atomic E-state index is 11.6. The molecule has 0 bridgehead atoms. The molecule has 0 aliphatic heterocycles. The molecule has 14 heavy (non-hydrogen) atoms. The lowest BCUT2D eigenvalue weighted by molar-refractivity contribution is -0.118. The van der Waals surface area contributed by atoms with Crippen molar-refractivity contribution in [2.24, 2.45) is 5.92 Å². The third-order valence-corrected chi connectivity index (χ3v) is 2.63. The molecule has 76 valence electrons. The van der Waals surface area contributed by atoms with E-state index >= 15 is 0 Å². The van der Waals surface area contributed by atoms with E-state index < -0.39 is 0 Å². The number of anilines is 1. The monoisotopic (exact) mass is 210 g/mol. The number of nitrogens with zero attached hydrogens (tertiary/aromatic N) is 1. The SMILES string of the molecule is CSCC(C)C(=O)Nc1cccnc1. The molecule has 0 aliphatic carbocycles. The summed E-state index contributed by atoms with van der Waals surface area (Å²) in [4.78, 5) is 15.5. The van der Waals surface area contributed by atoms with E-state index in [2.05, 4.69) is 10.3 Å². The van der Waals surface area contributed by atoms with Crippen molar-refractivity contribution < 1.29 is 4.79 Å². The highest BCUT2D eigenvalue weighted by molar-refractivity contribution is 7.98. The molecule has 1 atom stereocenters. The Morgan fingerprint density at radius 1 is 1.71 bits per heavy atom. The fourth-order valence-electron chi connectivity index (χ4n) is 1.03. The van der Waals surface area contributed by atoms with Gasteiger partial charge in [-0.25, -0.2) is 0 Å². The Kier molecular flexibility index (Phi) is 4.46. The van der Waals surface area contributed by atoms with Crippen molar-refractivity contribution in [1.29, 1.82) is 0 Å². The number of hydrogen-bond acceptors (Lipinski definition) is 3. The van der Waals surface area contributed by atoms with Crippen LogP contribution in [-0.4, -0.2) is 22.9 Å². The smallest absolute Gasteiger partial charge is 0.228 e. The van der Waals surface area contributed by atoms with Crippen LogP contribution in [0.3, 0.4) is 0 Å². The van der Waals surface area contributed by atoms with Crippen LogP contribution in [0.2, 0.25) is 0 Å². The maximum atomic E-state index is 11.6. The molecule has 0 spiro atoms. The van der Waals surface area contributed by atoms with E-state index in [0.29, 0.717) is 0 Å². The van der Waals surface area contributed by atoms with Crippen LogP contribution in [0.1, 0.15) is 6.92 Å². The van der Waals surface area contributed by atoms with Crippen LogP contribution >= 0.6 is 11.8 Å². The molecule has 1 aromatic rings. The average molecular weight is 210 g/mol. The molecular formula is C10H14N2OS. The van der Waals surface area contributed by atoms with Crippen LogP contribution in [0.4, 0.5) is 5.69 Å². The maximum Gasteiger partial charge on any atom is 0.228 e. The van der Waals surface area contributed by atoms with Crippen LogP contribution in [0, 0.1) is 5.92 Å². The van der Waals surface area contributed by atoms with Gasteiger partial charge in [-0.1, -0.05) is 6.92 Å². The van der Waals surface area contributed by atoms with Crippen molar-refractivity contribution in [3.63, 3.8) is 0 Å². The second-order valence-electron chi connectivity index (χ2n) is 3.09. The van der Waals surface area contributed by atoms with Crippen molar-refractivity contribution in [1.82, 2.24) is 4.98 Å².